The molecule has 1 N–H and O–H groups in total. The van der Waals surface area contributed by atoms with Gasteiger partial charge in [0.05, 0.1) is 12.3 Å². The van der Waals surface area contributed by atoms with Gasteiger partial charge in [-0.25, -0.2) is 4.39 Å². The van der Waals surface area contributed by atoms with Crippen LogP contribution >= 0.6 is 0 Å². The fourth-order valence-electron chi connectivity index (χ4n) is 3.65. The normalized spacial score (nSPS) is 12.9. The molecule has 4 rings (SSSR count). The molecule has 0 aromatic heterocycles. The van der Waals surface area contributed by atoms with Gasteiger partial charge in [-0.05, 0) is 73.9 Å². The van der Waals surface area contributed by atoms with E-state index in [9.17, 15) is 14.0 Å². The molecule has 1 aliphatic heterocycles. The molecule has 180 valence electrons. The molecule has 0 saturated heterocycles. The Bertz CT molecular complexity index is 1210. The number of anilines is 2. The smallest absolute Gasteiger partial charge is 0.265 e. The van der Waals surface area contributed by atoms with Gasteiger partial charge in [-0.3, -0.25) is 9.59 Å². The van der Waals surface area contributed by atoms with Crippen molar-refractivity contribution in [3.63, 3.8) is 0 Å². The van der Waals surface area contributed by atoms with Crippen LogP contribution in [0.3, 0.4) is 0 Å². The largest absolute Gasteiger partial charge is 0.494 e. The molecule has 1 heterocycles. The van der Waals surface area contributed by atoms with E-state index in [0.29, 0.717) is 35.8 Å². The van der Waals surface area contributed by atoms with Crippen molar-refractivity contribution in [2.45, 2.75) is 19.8 Å². The predicted molar refractivity (Wildman–Crippen MR) is 134 cm³/mol. The van der Waals surface area contributed by atoms with Gasteiger partial charge in [0.1, 0.15) is 17.3 Å². The van der Waals surface area contributed by atoms with Gasteiger partial charge in [0, 0.05) is 18.3 Å². The van der Waals surface area contributed by atoms with Gasteiger partial charge >= 0.3 is 0 Å². The average molecular weight is 475 g/mol. The number of halogens is 1. The minimum atomic E-state index is -0.336. The zero-order chi connectivity index (χ0) is 24.6. The van der Waals surface area contributed by atoms with Gasteiger partial charge in [-0.2, -0.15) is 0 Å². The number of hydrogen-bond acceptors (Lipinski definition) is 4. The fraction of sp³-hybridized carbons (Fsp3) is 0.214. The maximum Gasteiger partial charge on any atom is 0.265 e. The Hall–Kier alpha value is -4.13. The van der Waals surface area contributed by atoms with E-state index in [2.05, 4.69) is 5.32 Å². The van der Waals surface area contributed by atoms with Crippen molar-refractivity contribution in [3.05, 3.63) is 89.8 Å². The quantitative estimate of drug-likeness (QED) is 0.334. The van der Waals surface area contributed by atoms with Crippen molar-refractivity contribution < 1.29 is 23.5 Å². The number of benzene rings is 3. The first-order chi connectivity index (χ1) is 17.0. The number of nitrogens with zero attached hydrogens (tertiary/aromatic N) is 1. The molecular weight excluding hydrogens is 447 g/mol. The highest BCUT2D eigenvalue weighted by atomic mass is 19.1. The Labute approximate surface area is 204 Å². The van der Waals surface area contributed by atoms with Crippen LogP contribution in [0.4, 0.5) is 15.8 Å². The SMILES string of the molecule is Cc1ccc(OCCCCN2C(=O)COc3ccc(NC(=O)/C=C/c4ccc(F)cc4)cc32)cc1. The van der Waals surface area contributed by atoms with Crippen molar-refractivity contribution >= 4 is 29.3 Å². The molecule has 6 nitrogen and oxygen atoms in total. The molecule has 0 saturated carbocycles. The van der Waals surface area contributed by atoms with Gasteiger partial charge in [0.2, 0.25) is 5.91 Å². The number of hydrogen-bond donors (Lipinski definition) is 1. The van der Waals surface area contributed by atoms with Gasteiger partial charge < -0.3 is 19.7 Å². The molecule has 0 atom stereocenters. The minimum absolute atomic E-state index is 0.0149. The van der Waals surface area contributed by atoms with E-state index in [1.807, 2.05) is 31.2 Å². The molecule has 3 aromatic carbocycles. The van der Waals surface area contributed by atoms with Crippen molar-refractivity contribution in [1.29, 1.82) is 0 Å². The van der Waals surface area contributed by atoms with E-state index in [1.165, 1.54) is 23.8 Å². The molecule has 1 aliphatic rings. The number of carbonyl (C=O) groups excluding carboxylic acids is 2. The van der Waals surface area contributed by atoms with Gasteiger partial charge in [0.25, 0.3) is 5.91 Å². The summed E-state index contributed by atoms with van der Waals surface area (Å²) in [6.45, 7) is 3.10. The third-order valence-corrected chi connectivity index (χ3v) is 5.53. The number of amides is 2. The molecule has 0 aliphatic carbocycles. The first kappa shape index (κ1) is 24.0. The second kappa shape index (κ2) is 11.3. The van der Waals surface area contributed by atoms with Crippen molar-refractivity contribution in [1.82, 2.24) is 0 Å². The standard InChI is InChI=1S/C28H27FN2O4/c1-20-4-12-24(13-5-20)34-17-3-2-16-31-25-18-23(11-14-26(25)35-19-28(31)33)30-27(32)15-8-21-6-9-22(29)10-7-21/h4-15,18H,2-3,16-17,19H2,1H3,(H,30,32)/b15-8+. The van der Waals surface area contributed by atoms with Crippen LogP contribution in [0.1, 0.15) is 24.0 Å². The lowest BCUT2D eigenvalue weighted by atomic mass is 10.2. The molecule has 35 heavy (non-hydrogen) atoms. The number of nitrogens with one attached hydrogen (secondary N) is 1. The van der Waals surface area contributed by atoms with Gasteiger partial charge in [0.15, 0.2) is 6.61 Å². The van der Waals surface area contributed by atoms with E-state index in [4.69, 9.17) is 9.47 Å². The van der Waals surface area contributed by atoms with Crippen LogP contribution in [-0.4, -0.2) is 31.6 Å². The Kier molecular flexibility index (Phi) is 7.77. The summed E-state index contributed by atoms with van der Waals surface area (Å²) in [7, 11) is 0. The molecule has 3 aromatic rings. The molecule has 0 fully saturated rings. The predicted octanol–water partition coefficient (Wildman–Crippen LogP) is 5.37. The monoisotopic (exact) mass is 474 g/mol. The Morgan fingerprint density at radius 3 is 2.63 bits per heavy atom. The van der Waals surface area contributed by atoms with E-state index < -0.39 is 0 Å². The van der Waals surface area contributed by atoms with E-state index in [0.717, 1.165) is 18.6 Å². The summed E-state index contributed by atoms with van der Waals surface area (Å²) >= 11 is 0. The summed E-state index contributed by atoms with van der Waals surface area (Å²) in [5, 5.41) is 2.79. The highest BCUT2D eigenvalue weighted by molar-refractivity contribution is 6.03. The van der Waals surface area contributed by atoms with Crippen LogP contribution in [0.15, 0.2) is 72.8 Å². The van der Waals surface area contributed by atoms with Crippen molar-refractivity contribution in [2.75, 3.05) is 30.0 Å². The molecule has 7 heteroatoms. The molecule has 2 amide bonds. The maximum atomic E-state index is 13.0. The third-order valence-electron chi connectivity index (χ3n) is 5.53. The Morgan fingerprint density at radius 2 is 1.86 bits per heavy atom. The zero-order valence-electron chi connectivity index (χ0n) is 19.5. The number of fused-ring (bicyclic) bond motifs is 1. The number of ether oxygens (including phenoxy) is 2. The van der Waals surface area contributed by atoms with Crippen LogP contribution in [0.2, 0.25) is 0 Å². The summed E-state index contributed by atoms with van der Waals surface area (Å²) < 4.78 is 24.4. The first-order valence-corrected chi connectivity index (χ1v) is 11.5. The van der Waals surface area contributed by atoms with Crippen molar-refractivity contribution in [3.8, 4) is 11.5 Å². The molecule has 0 spiro atoms. The summed E-state index contributed by atoms with van der Waals surface area (Å²) in [5.74, 6) is 0.632. The van der Waals surface area contributed by atoms with Crippen LogP contribution in [0.25, 0.3) is 6.08 Å². The van der Waals surface area contributed by atoms with Crippen molar-refractivity contribution in [2.24, 2.45) is 0 Å². The number of rotatable bonds is 9. The Morgan fingerprint density at radius 1 is 1.09 bits per heavy atom. The third kappa shape index (κ3) is 6.69. The van der Waals surface area contributed by atoms with Crippen LogP contribution in [0, 0.1) is 12.7 Å². The minimum Gasteiger partial charge on any atom is -0.494 e. The summed E-state index contributed by atoms with van der Waals surface area (Å²) in [6.07, 6.45) is 4.53. The summed E-state index contributed by atoms with van der Waals surface area (Å²) in [6, 6.07) is 19.0. The number of carbonyl (C=O) groups is 2. The number of unbranched alkanes of at least 4 members (excludes halogenated alkanes) is 1. The van der Waals surface area contributed by atoms with Crippen LogP contribution < -0.4 is 19.7 Å². The molecular formula is C28H27FN2O4. The van der Waals surface area contributed by atoms with E-state index in [-0.39, 0.29) is 24.2 Å². The molecule has 0 unspecified atom stereocenters. The molecule has 0 radical (unpaired) electrons. The van der Waals surface area contributed by atoms with Crippen LogP contribution in [0.5, 0.6) is 11.5 Å². The topological polar surface area (TPSA) is 67.9 Å². The lowest BCUT2D eigenvalue weighted by molar-refractivity contribution is -0.121. The highest BCUT2D eigenvalue weighted by Gasteiger charge is 2.25. The van der Waals surface area contributed by atoms with E-state index in [1.54, 1.807) is 41.3 Å². The maximum absolute atomic E-state index is 13.0. The second-order valence-corrected chi connectivity index (χ2v) is 8.26. The number of aryl methyl sites for hydroxylation is 1. The van der Waals surface area contributed by atoms with E-state index >= 15 is 0 Å². The van der Waals surface area contributed by atoms with Gasteiger partial charge in [-0.15, -0.1) is 0 Å². The Balaban J connectivity index is 1.33. The lowest BCUT2D eigenvalue weighted by Gasteiger charge is -2.30. The highest BCUT2D eigenvalue weighted by Crippen LogP contribution is 2.34. The summed E-state index contributed by atoms with van der Waals surface area (Å²) in [5.41, 5.74) is 3.06. The first-order valence-electron chi connectivity index (χ1n) is 11.5. The fourth-order valence-corrected chi connectivity index (χ4v) is 3.65. The van der Waals surface area contributed by atoms with Crippen LogP contribution in [-0.2, 0) is 9.59 Å². The molecule has 0 bridgehead atoms. The average Bonchev–Trinajstić information content (AvgIpc) is 2.86. The van der Waals surface area contributed by atoms with Gasteiger partial charge in [-0.1, -0.05) is 29.8 Å². The zero-order valence-corrected chi connectivity index (χ0v) is 19.5. The lowest BCUT2D eigenvalue weighted by Crippen LogP contribution is -2.39. The summed E-state index contributed by atoms with van der Waals surface area (Å²) in [4.78, 5) is 26.6. The second-order valence-electron chi connectivity index (χ2n) is 8.26.